The molecule has 0 atom stereocenters. The molecule has 2 heterocycles. The molecule has 3 heteroatoms. The highest BCUT2D eigenvalue weighted by atomic mass is 15.1. The third kappa shape index (κ3) is 2.44. The Balaban J connectivity index is 1.65. The van der Waals surface area contributed by atoms with E-state index in [1.807, 2.05) is 0 Å². The lowest BCUT2D eigenvalue weighted by atomic mass is 10.1. The topological polar surface area (TPSA) is 28.2 Å². The number of hydrogen-bond donors (Lipinski definition) is 1. The molecular formula is C14H21N3. The molecule has 3 nitrogen and oxygen atoms in total. The van der Waals surface area contributed by atoms with Crippen LogP contribution in [-0.4, -0.2) is 36.1 Å². The number of hydrogen-bond acceptors (Lipinski definition) is 3. The minimum absolute atomic E-state index is 0.609. The summed E-state index contributed by atoms with van der Waals surface area (Å²) in [5.41, 5.74) is 2.78. The molecule has 1 aliphatic heterocycles. The Morgan fingerprint density at radius 3 is 2.88 bits per heavy atom. The summed E-state index contributed by atoms with van der Waals surface area (Å²) in [5.74, 6) is 1.08. The molecular weight excluding hydrogens is 210 g/mol. The zero-order valence-electron chi connectivity index (χ0n) is 10.6. The highest BCUT2D eigenvalue weighted by molar-refractivity contribution is 5.41. The second kappa shape index (κ2) is 4.65. The number of anilines is 1. The van der Waals surface area contributed by atoms with Crippen molar-refractivity contribution < 1.29 is 0 Å². The van der Waals surface area contributed by atoms with Gasteiger partial charge in [-0.05, 0) is 63.9 Å². The van der Waals surface area contributed by atoms with Gasteiger partial charge in [0.25, 0.3) is 0 Å². The maximum Gasteiger partial charge on any atom is 0.126 e. The lowest BCUT2D eigenvalue weighted by Crippen LogP contribution is -2.36. The van der Waals surface area contributed by atoms with Crippen molar-refractivity contribution in [3.8, 4) is 0 Å². The van der Waals surface area contributed by atoms with Crippen molar-refractivity contribution in [1.82, 2.24) is 9.88 Å². The normalized spacial score (nSPS) is 21.5. The van der Waals surface area contributed by atoms with Gasteiger partial charge in [0, 0.05) is 11.7 Å². The van der Waals surface area contributed by atoms with Crippen molar-refractivity contribution >= 4 is 5.82 Å². The van der Waals surface area contributed by atoms with Crippen molar-refractivity contribution in [3.05, 3.63) is 23.4 Å². The van der Waals surface area contributed by atoms with Crippen LogP contribution in [0.3, 0.4) is 0 Å². The average Bonchev–Trinajstić information content (AvgIpc) is 2.79. The van der Waals surface area contributed by atoms with E-state index >= 15 is 0 Å². The van der Waals surface area contributed by atoms with Gasteiger partial charge >= 0.3 is 0 Å². The number of aromatic nitrogens is 1. The van der Waals surface area contributed by atoms with Gasteiger partial charge in [-0.15, -0.1) is 0 Å². The van der Waals surface area contributed by atoms with E-state index in [0.717, 1.165) is 12.2 Å². The number of nitrogens with one attached hydrogen (secondary N) is 1. The standard InChI is InChI=1S/C14H21N3/c1-17-9-7-12(8-10-17)15-14-6-5-11-3-2-4-13(11)16-14/h5-6,12H,2-4,7-10H2,1H3,(H,15,16). The first-order valence-electron chi connectivity index (χ1n) is 6.75. The van der Waals surface area contributed by atoms with E-state index in [1.54, 1.807) is 0 Å². The van der Waals surface area contributed by atoms with Gasteiger partial charge < -0.3 is 10.2 Å². The lowest BCUT2D eigenvalue weighted by Gasteiger charge is -2.29. The monoisotopic (exact) mass is 231 g/mol. The van der Waals surface area contributed by atoms with E-state index in [4.69, 9.17) is 4.98 Å². The van der Waals surface area contributed by atoms with Crippen LogP contribution in [0.1, 0.15) is 30.5 Å². The number of fused-ring (bicyclic) bond motifs is 1. The van der Waals surface area contributed by atoms with Crippen LogP contribution in [-0.2, 0) is 12.8 Å². The molecule has 1 aliphatic carbocycles. The van der Waals surface area contributed by atoms with Crippen LogP contribution in [0, 0.1) is 0 Å². The molecule has 0 aromatic carbocycles. The molecule has 92 valence electrons. The molecule has 0 radical (unpaired) electrons. The number of rotatable bonds is 2. The Bertz CT molecular complexity index is 394. The average molecular weight is 231 g/mol. The van der Waals surface area contributed by atoms with Crippen molar-refractivity contribution in [3.63, 3.8) is 0 Å². The van der Waals surface area contributed by atoms with E-state index < -0.39 is 0 Å². The van der Waals surface area contributed by atoms with Crippen LogP contribution in [0.25, 0.3) is 0 Å². The highest BCUT2D eigenvalue weighted by Gasteiger charge is 2.18. The first-order chi connectivity index (χ1) is 8.31. The van der Waals surface area contributed by atoms with E-state index in [9.17, 15) is 0 Å². The van der Waals surface area contributed by atoms with Crippen LogP contribution < -0.4 is 5.32 Å². The van der Waals surface area contributed by atoms with Crippen LogP contribution in [0.5, 0.6) is 0 Å². The SMILES string of the molecule is CN1CCC(Nc2ccc3c(n2)CCC3)CC1. The largest absolute Gasteiger partial charge is 0.367 e. The molecule has 0 saturated carbocycles. The zero-order chi connectivity index (χ0) is 11.7. The summed E-state index contributed by atoms with van der Waals surface area (Å²) >= 11 is 0. The number of pyridine rings is 1. The Labute approximate surface area is 103 Å². The van der Waals surface area contributed by atoms with Gasteiger partial charge in [-0.3, -0.25) is 0 Å². The Morgan fingerprint density at radius 2 is 2.06 bits per heavy atom. The summed E-state index contributed by atoms with van der Waals surface area (Å²) < 4.78 is 0. The summed E-state index contributed by atoms with van der Waals surface area (Å²) in [7, 11) is 2.20. The molecule has 0 spiro atoms. The number of aryl methyl sites for hydroxylation is 2. The molecule has 1 aromatic heterocycles. The second-order valence-corrected chi connectivity index (χ2v) is 5.38. The molecule has 0 bridgehead atoms. The number of likely N-dealkylation sites (tertiary alicyclic amines) is 1. The molecule has 3 rings (SSSR count). The van der Waals surface area contributed by atoms with Gasteiger partial charge in [0.2, 0.25) is 0 Å². The smallest absolute Gasteiger partial charge is 0.126 e. The lowest BCUT2D eigenvalue weighted by molar-refractivity contribution is 0.263. The number of nitrogens with zero attached hydrogens (tertiary/aromatic N) is 2. The van der Waals surface area contributed by atoms with Crippen molar-refractivity contribution in [2.75, 3.05) is 25.5 Å². The number of piperidine rings is 1. The summed E-state index contributed by atoms with van der Waals surface area (Å²) in [5, 5.41) is 3.59. The van der Waals surface area contributed by atoms with Crippen LogP contribution in [0.15, 0.2) is 12.1 Å². The molecule has 0 unspecified atom stereocenters. The molecule has 1 saturated heterocycles. The van der Waals surface area contributed by atoms with E-state index in [2.05, 4.69) is 29.4 Å². The Hall–Kier alpha value is -1.09. The van der Waals surface area contributed by atoms with Crippen molar-refractivity contribution in [2.45, 2.75) is 38.1 Å². The highest BCUT2D eigenvalue weighted by Crippen LogP contribution is 2.22. The van der Waals surface area contributed by atoms with Crippen molar-refractivity contribution in [1.29, 1.82) is 0 Å². The molecule has 2 aliphatic rings. The molecule has 1 aromatic rings. The third-order valence-electron chi connectivity index (χ3n) is 4.00. The van der Waals surface area contributed by atoms with Gasteiger partial charge in [-0.2, -0.15) is 0 Å². The first kappa shape index (κ1) is 11.0. The quantitative estimate of drug-likeness (QED) is 0.844. The van der Waals surface area contributed by atoms with Gasteiger partial charge in [0.1, 0.15) is 5.82 Å². The van der Waals surface area contributed by atoms with Gasteiger partial charge in [0.15, 0.2) is 0 Å². The maximum atomic E-state index is 4.74. The minimum Gasteiger partial charge on any atom is -0.367 e. The van der Waals surface area contributed by atoms with Gasteiger partial charge in [-0.1, -0.05) is 6.07 Å². The first-order valence-corrected chi connectivity index (χ1v) is 6.75. The predicted molar refractivity (Wildman–Crippen MR) is 70.4 cm³/mol. The van der Waals surface area contributed by atoms with Gasteiger partial charge in [0.05, 0.1) is 0 Å². The van der Waals surface area contributed by atoms with Crippen LogP contribution in [0.2, 0.25) is 0 Å². The molecule has 0 amide bonds. The summed E-state index contributed by atoms with van der Waals surface area (Å²) in [6.45, 7) is 2.39. The van der Waals surface area contributed by atoms with Crippen molar-refractivity contribution in [2.24, 2.45) is 0 Å². The molecule has 1 N–H and O–H groups in total. The fraction of sp³-hybridized carbons (Fsp3) is 0.643. The van der Waals surface area contributed by atoms with Crippen LogP contribution in [0.4, 0.5) is 5.82 Å². The second-order valence-electron chi connectivity index (χ2n) is 5.38. The van der Waals surface area contributed by atoms with E-state index in [0.29, 0.717) is 6.04 Å². The molecule has 1 fully saturated rings. The van der Waals surface area contributed by atoms with Gasteiger partial charge in [-0.25, -0.2) is 4.98 Å². The summed E-state index contributed by atoms with van der Waals surface area (Å²) in [6.07, 6.45) is 6.12. The minimum atomic E-state index is 0.609. The van der Waals surface area contributed by atoms with E-state index in [-0.39, 0.29) is 0 Å². The maximum absolute atomic E-state index is 4.74. The molecule has 17 heavy (non-hydrogen) atoms. The summed E-state index contributed by atoms with van der Waals surface area (Å²) in [6, 6.07) is 5.02. The summed E-state index contributed by atoms with van der Waals surface area (Å²) in [4.78, 5) is 7.14. The fourth-order valence-electron chi connectivity index (χ4n) is 2.86. The predicted octanol–water partition coefficient (Wildman–Crippen LogP) is 2.08. The third-order valence-corrected chi connectivity index (χ3v) is 4.00. The zero-order valence-corrected chi connectivity index (χ0v) is 10.6. The van der Waals surface area contributed by atoms with Crippen LogP contribution >= 0.6 is 0 Å². The van der Waals surface area contributed by atoms with E-state index in [1.165, 1.54) is 50.0 Å². The Kier molecular flexibility index (Phi) is 3.02. The Morgan fingerprint density at radius 1 is 1.24 bits per heavy atom. The fourth-order valence-corrected chi connectivity index (χ4v) is 2.86.